The zero-order valence-electron chi connectivity index (χ0n) is 12.5. The average molecular weight is 347 g/mol. The Morgan fingerprint density at radius 1 is 1.29 bits per heavy atom. The van der Waals surface area contributed by atoms with Gasteiger partial charge in [0.1, 0.15) is 19.8 Å². The number of rotatable bonds is 5. The Bertz CT molecular complexity index is 798. The van der Waals surface area contributed by atoms with Crippen molar-refractivity contribution < 1.29 is 23.9 Å². The first-order valence-electron chi connectivity index (χ1n) is 7.08. The van der Waals surface area contributed by atoms with Gasteiger partial charge in [-0.15, -0.1) is 0 Å². The van der Waals surface area contributed by atoms with Crippen LogP contribution in [0.2, 0.25) is 0 Å². The first-order chi connectivity index (χ1) is 11.6. The van der Waals surface area contributed by atoms with Crippen LogP contribution in [0.15, 0.2) is 35.7 Å². The van der Waals surface area contributed by atoms with E-state index in [0.717, 1.165) is 16.9 Å². The van der Waals surface area contributed by atoms with Gasteiger partial charge in [-0.25, -0.2) is 4.79 Å². The number of thiophene rings is 1. The summed E-state index contributed by atoms with van der Waals surface area (Å²) in [4.78, 5) is 21.8. The maximum atomic E-state index is 11.7. The highest BCUT2D eigenvalue weighted by atomic mass is 32.1. The molecule has 0 fully saturated rings. The second-order valence-electron chi connectivity index (χ2n) is 4.89. The van der Waals surface area contributed by atoms with Crippen LogP contribution in [0.5, 0.6) is 11.5 Å². The van der Waals surface area contributed by atoms with Gasteiger partial charge in [0.05, 0.1) is 4.92 Å². The van der Waals surface area contributed by atoms with Gasteiger partial charge in [-0.3, -0.25) is 10.1 Å². The molecule has 0 aliphatic carbocycles. The van der Waals surface area contributed by atoms with Crippen LogP contribution in [0, 0.1) is 10.1 Å². The molecule has 3 rings (SSSR count). The van der Waals surface area contributed by atoms with E-state index in [1.165, 1.54) is 12.1 Å². The van der Waals surface area contributed by atoms with Gasteiger partial charge in [0, 0.05) is 23.1 Å². The lowest BCUT2D eigenvalue weighted by atomic mass is 10.2. The summed E-state index contributed by atoms with van der Waals surface area (Å²) >= 11 is 0.998. The topological polar surface area (TPSA) is 87.9 Å². The summed E-state index contributed by atoms with van der Waals surface area (Å²) in [5.41, 5.74) is 1.37. The van der Waals surface area contributed by atoms with Gasteiger partial charge in [0.15, 0.2) is 11.5 Å². The SMILES string of the molecule is O=C(C=Cc1ccc2c(c1)OCCO2)OCc1csc([N+](=O)[O-])c1. The normalized spacial score (nSPS) is 13.0. The van der Waals surface area contributed by atoms with Crippen LogP contribution in [0.3, 0.4) is 0 Å². The van der Waals surface area contributed by atoms with Crippen molar-refractivity contribution in [3.05, 3.63) is 57.0 Å². The summed E-state index contributed by atoms with van der Waals surface area (Å²) in [7, 11) is 0. The van der Waals surface area contributed by atoms with Crippen molar-refractivity contribution >= 4 is 28.4 Å². The van der Waals surface area contributed by atoms with E-state index in [-0.39, 0.29) is 11.6 Å². The van der Waals surface area contributed by atoms with Crippen molar-refractivity contribution in [2.75, 3.05) is 13.2 Å². The van der Waals surface area contributed by atoms with Crippen LogP contribution < -0.4 is 9.47 Å². The number of esters is 1. The minimum atomic E-state index is -0.529. The number of hydrogen-bond acceptors (Lipinski definition) is 7. The smallest absolute Gasteiger partial charge is 0.331 e. The zero-order valence-corrected chi connectivity index (χ0v) is 13.3. The molecule has 8 heteroatoms. The van der Waals surface area contributed by atoms with Crippen LogP contribution in [-0.2, 0) is 16.1 Å². The summed E-state index contributed by atoms with van der Waals surface area (Å²) in [5, 5.41) is 12.2. The standard InChI is InChI=1S/C16H13NO6S/c18-16(23-9-12-8-15(17(19)20)24-10-12)4-2-11-1-3-13-14(7-11)22-6-5-21-13/h1-4,7-8,10H,5-6,9H2. The molecule has 2 aromatic rings. The fourth-order valence-corrected chi connectivity index (χ4v) is 2.78. The van der Waals surface area contributed by atoms with Crippen LogP contribution >= 0.6 is 11.3 Å². The number of carbonyl (C=O) groups is 1. The lowest BCUT2D eigenvalue weighted by molar-refractivity contribution is -0.380. The van der Waals surface area contributed by atoms with Gasteiger partial charge in [0.25, 0.3) is 0 Å². The van der Waals surface area contributed by atoms with E-state index in [4.69, 9.17) is 14.2 Å². The quantitative estimate of drug-likeness (QED) is 0.357. The molecule has 7 nitrogen and oxygen atoms in total. The molecule has 124 valence electrons. The zero-order chi connectivity index (χ0) is 16.9. The summed E-state index contributed by atoms with van der Waals surface area (Å²) in [5.74, 6) is 0.793. The largest absolute Gasteiger partial charge is 0.486 e. The number of fused-ring (bicyclic) bond motifs is 1. The molecular formula is C16H13NO6S. The molecule has 0 N–H and O–H groups in total. The van der Waals surface area contributed by atoms with E-state index >= 15 is 0 Å². The summed E-state index contributed by atoms with van der Waals surface area (Å²) in [6.45, 7) is 1.01. The van der Waals surface area contributed by atoms with Gasteiger partial charge in [0.2, 0.25) is 0 Å². The van der Waals surface area contributed by atoms with Gasteiger partial charge in [-0.05, 0) is 23.8 Å². The van der Waals surface area contributed by atoms with E-state index in [0.29, 0.717) is 30.3 Å². The molecule has 1 aromatic carbocycles. The highest BCUT2D eigenvalue weighted by Crippen LogP contribution is 2.31. The minimum absolute atomic E-state index is 0.00531. The number of carbonyl (C=O) groups excluding carboxylic acids is 1. The first kappa shape index (κ1) is 16.0. The highest BCUT2D eigenvalue weighted by molar-refractivity contribution is 7.13. The Morgan fingerprint density at radius 3 is 2.83 bits per heavy atom. The summed E-state index contributed by atoms with van der Waals surface area (Å²) in [6.07, 6.45) is 2.91. The number of nitrogens with zero attached hydrogens (tertiary/aromatic N) is 1. The number of nitro groups is 1. The molecule has 24 heavy (non-hydrogen) atoms. The maximum Gasteiger partial charge on any atom is 0.331 e. The lowest BCUT2D eigenvalue weighted by Crippen LogP contribution is -2.15. The van der Waals surface area contributed by atoms with Crippen LogP contribution in [-0.4, -0.2) is 24.1 Å². The number of hydrogen-bond donors (Lipinski definition) is 0. The summed E-state index contributed by atoms with van der Waals surface area (Å²) < 4.78 is 15.9. The molecule has 0 atom stereocenters. The van der Waals surface area contributed by atoms with Crippen molar-refractivity contribution in [2.24, 2.45) is 0 Å². The third kappa shape index (κ3) is 3.90. The lowest BCUT2D eigenvalue weighted by Gasteiger charge is -2.18. The van der Waals surface area contributed by atoms with Gasteiger partial charge < -0.3 is 14.2 Å². The van der Waals surface area contributed by atoms with E-state index in [1.54, 1.807) is 29.7 Å². The molecule has 0 unspecified atom stereocenters. The minimum Gasteiger partial charge on any atom is -0.486 e. The number of ether oxygens (including phenoxy) is 3. The molecule has 0 bridgehead atoms. The van der Waals surface area contributed by atoms with E-state index in [1.807, 2.05) is 0 Å². The monoisotopic (exact) mass is 347 g/mol. The van der Waals surface area contributed by atoms with Crippen molar-refractivity contribution in [1.82, 2.24) is 0 Å². The fraction of sp³-hybridized carbons (Fsp3) is 0.188. The highest BCUT2D eigenvalue weighted by Gasteiger charge is 2.12. The van der Waals surface area contributed by atoms with Crippen molar-refractivity contribution in [1.29, 1.82) is 0 Å². The molecule has 1 aliphatic rings. The van der Waals surface area contributed by atoms with E-state index < -0.39 is 10.9 Å². The third-order valence-corrected chi connectivity index (χ3v) is 4.11. The molecule has 1 aromatic heterocycles. The Kier molecular flexibility index (Phi) is 4.76. The predicted molar refractivity (Wildman–Crippen MR) is 87.2 cm³/mol. The Balaban J connectivity index is 1.56. The second kappa shape index (κ2) is 7.14. The first-order valence-corrected chi connectivity index (χ1v) is 7.96. The second-order valence-corrected chi connectivity index (χ2v) is 5.78. The Hall–Kier alpha value is -2.87. The van der Waals surface area contributed by atoms with Crippen molar-refractivity contribution in [3.8, 4) is 11.5 Å². The van der Waals surface area contributed by atoms with E-state index in [9.17, 15) is 14.9 Å². The van der Waals surface area contributed by atoms with Gasteiger partial charge in [-0.2, -0.15) is 0 Å². The van der Waals surface area contributed by atoms with Crippen LogP contribution in [0.25, 0.3) is 6.08 Å². The molecule has 0 spiro atoms. The van der Waals surface area contributed by atoms with E-state index in [2.05, 4.69) is 0 Å². The molecule has 0 radical (unpaired) electrons. The molecule has 0 saturated heterocycles. The Labute approximate surface area is 141 Å². The number of benzene rings is 1. The Morgan fingerprint density at radius 2 is 2.08 bits per heavy atom. The molecule has 2 heterocycles. The van der Waals surface area contributed by atoms with Crippen molar-refractivity contribution in [2.45, 2.75) is 6.61 Å². The van der Waals surface area contributed by atoms with Crippen LogP contribution in [0.1, 0.15) is 11.1 Å². The molecule has 0 saturated carbocycles. The summed E-state index contributed by atoms with van der Waals surface area (Å²) in [6, 6.07) is 6.76. The van der Waals surface area contributed by atoms with Crippen LogP contribution in [0.4, 0.5) is 5.00 Å². The molecule has 0 amide bonds. The molecule has 1 aliphatic heterocycles. The predicted octanol–water partition coefficient (Wildman–Crippen LogP) is 3.18. The third-order valence-electron chi connectivity index (χ3n) is 3.18. The fourth-order valence-electron chi connectivity index (χ4n) is 2.06. The van der Waals surface area contributed by atoms with Gasteiger partial charge >= 0.3 is 11.0 Å². The maximum absolute atomic E-state index is 11.7. The van der Waals surface area contributed by atoms with Gasteiger partial charge in [-0.1, -0.05) is 17.4 Å². The molecular weight excluding hydrogens is 334 g/mol. The van der Waals surface area contributed by atoms with Crippen molar-refractivity contribution in [3.63, 3.8) is 0 Å². The average Bonchev–Trinajstić information content (AvgIpc) is 3.07.